The molecular weight excluding hydrogens is 272 g/mol. The molecule has 0 aromatic heterocycles. The van der Waals surface area contributed by atoms with E-state index in [1.165, 1.54) is 19.3 Å². The summed E-state index contributed by atoms with van der Waals surface area (Å²) in [5.74, 6) is 0.857. The Morgan fingerprint density at radius 1 is 1.35 bits per heavy atom. The van der Waals surface area contributed by atoms with Gasteiger partial charge in [-0.15, -0.1) is 12.4 Å². The van der Waals surface area contributed by atoms with Crippen molar-refractivity contribution in [2.45, 2.75) is 39.2 Å². The Bertz CT molecular complexity index is 417. The van der Waals surface area contributed by atoms with E-state index < -0.39 is 0 Å². The second-order valence-electron chi connectivity index (χ2n) is 5.45. The molecule has 1 unspecified atom stereocenters. The van der Waals surface area contributed by atoms with E-state index in [-0.39, 0.29) is 18.3 Å². The van der Waals surface area contributed by atoms with Crippen molar-refractivity contribution in [3.63, 3.8) is 0 Å². The molecular formula is C16H25ClN2O. The number of rotatable bonds is 4. The highest BCUT2D eigenvalue weighted by Crippen LogP contribution is 2.22. The van der Waals surface area contributed by atoms with Crippen LogP contribution in [0.5, 0.6) is 0 Å². The summed E-state index contributed by atoms with van der Waals surface area (Å²) in [4.78, 5) is 14.5. The van der Waals surface area contributed by atoms with Crippen molar-refractivity contribution < 1.29 is 4.79 Å². The maximum Gasteiger partial charge on any atom is 0.253 e. The molecule has 0 aliphatic carbocycles. The first-order chi connectivity index (χ1) is 9.24. The van der Waals surface area contributed by atoms with Gasteiger partial charge in [0.1, 0.15) is 0 Å². The summed E-state index contributed by atoms with van der Waals surface area (Å²) in [6, 6.07) is 7.68. The van der Waals surface area contributed by atoms with E-state index in [1.54, 1.807) is 0 Å². The third-order valence-electron chi connectivity index (χ3n) is 3.94. The van der Waals surface area contributed by atoms with E-state index in [0.29, 0.717) is 12.5 Å². The third kappa shape index (κ3) is 4.22. The van der Waals surface area contributed by atoms with Gasteiger partial charge < -0.3 is 10.6 Å². The highest BCUT2D eigenvalue weighted by atomic mass is 35.5. The van der Waals surface area contributed by atoms with Crippen LogP contribution in [-0.2, 0) is 6.54 Å². The van der Waals surface area contributed by atoms with Crippen LogP contribution in [0.25, 0.3) is 0 Å². The highest BCUT2D eigenvalue weighted by Gasteiger charge is 2.23. The predicted octanol–water partition coefficient (Wildman–Crippen LogP) is 3.22. The fourth-order valence-electron chi connectivity index (χ4n) is 2.86. The molecule has 1 aliphatic heterocycles. The Labute approximate surface area is 127 Å². The zero-order chi connectivity index (χ0) is 13.7. The SMILES string of the molecule is CCCC1CCCN(C(=O)c2ccc(CN)cc2)C1.Cl. The van der Waals surface area contributed by atoms with E-state index >= 15 is 0 Å². The van der Waals surface area contributed by atoms with Crippen molar-refractivity contribution in [1.82, 2.24) is 4.90 Å². The normalized spacial score (nSPS) is 18.5. The van der Waals surface area contributed by atoms with Gasteiger partial charge in [-0.05, 0) is 42.9 Å². The zero-order valence-electron chi connectivity index (χ0n) is 12.2. The van der Waals surface area contributed by atoms with Crippen LogP contribution in [-0.4, -0.2) is 23.9 Å². The maximum absolute atomic E-state index is 12.4. The molecule has 2 N–H and O–H groups in total. The Kier molecular flexibility index (Phi) is 7.03. The van der Waals surface area contributed by atoms with Crippen LogP contribution in [0.15, 0.2) is 24.3 Å². The largest absolute Gasteiger partial charge is 0.338 e. The van der Waals surface area contributed by atoms with E-state index in [0.717, 1.165) is 30.6 Å². The average Bonchev–Trinajstić information content (AvgIpc) is 2.47. The van der Waals surface area contributed by atoms with Crippen molar-refractivity contribution in [3.8, 4) is 0 Å². The number of carbonyl (C=O) groups is 1. The minimum atomic E-state index is 0. The number of hydrogen-bond donors (Lipinski definition) is 1. The first kappa shape index (κ1) is 17.0. The van der Waals surface area contributed by atoms with Gasteiger partial charge in [0.05, 0.1) is 0 Å². The molecule has 1 aromatic rings. The molecule has 1 aliphatic rings. The molecule has 20 heavy (non-hydrogen) atoms. The molecule has 1 fully saturated rings. The van der Waals surface area contributed by atoms with Crippen LogP contribution >= 0.6 is 12.4 Å². The number of nitrogens with zero attached hydrogens (tertiary/aromatic N) is 1. The smallest absolute Gasteiger partial charge is 0.253 e. The average molecular weight is 297 g/mol. The van der Waals surface area contributed by atoms with Gasteiger partial charge in [-0.2, -0.15) is 0 Å². The lowest BCUT2D eigenvalue weighted by atomic mass is 9.93. The minimum Gasteiger partial charge on any atom is -0.338 e. The Hall–Kier alpha value is -1.06. The molecule has 1 atom stereocenters. The quantitative estimate of drug-likeness (QED) is 0.927. The standard InChI is InChI=1S/C16H24N2O.ClH/c1-2-4-14-5-3-10-18(12-14)16(19)15-8-6-13(11-17)7-9-15;/h6-9,14H,2-5,10-12,17H2,1H3;1H. The molecule has 2 rings (SSSR count). The van der Waals surface area contributed by atoms with E-state index in [1.807, 2.05) is 29.2 Å². The maximum atomic E-state index is 12.4. The molecule has 0 saturated carbocycles. The van der Waals surface area contributed by atoms with Crippen molar-refractivity contribution in [1.29, 1.82) is 0 Å². The summed E-state index contributed by atoms with van der Waals surface area (Å²) < 4.78 is 0. The number of piperidine rings is 1. The Balaban J connectivity index is 0.00000200. The van der Waals surface area contributed by atoms with Gasteiger partial charge in [0.15, 0.2) is 0 Å². The van der Waals surface area contributed by atoms with E-state index in [4.69, 9.17) is 5.73 Å². The lowest BCUT2D eigenvalue weighted by Crippen LogP contribution is -2.39. The predicted molar refractivity (Wildman–Crippen MR) is 85.1 cm³/mol. The number of amides is 1. The van der Waals surface area contributed by atoms with Crippen LogP contribution < -0.4 is 5.73 Å². The van der Waals surface area contributed by atoms with E-state index in [2.05, 4.69) is 6.92 Å². The molecule has 3 nitrogen and oxygen atoms in total. The number of carbonyl (C=O) groups excluding carboxylic acids is 1. The molecule has 112 valence electrons. The van der Waals surface area contributed by atoms with Crippen LogP contribution in [0.2, 0.25) is 0 Å². The zero-order valence-corrected chi connectivity index (χ0v) is 13.0. The van der Waals surface area contributed by atoms with Crippen molar-refractivity contribution in [3.05, 3.63) is 35.4 Å². The van der Waals surface area contributed by atoms with Gasteiger partial charge in [0.2, 0.25) is 0 Å². The first-order valence-electron chi connectivity index (χ1n) is 7.33. The lowest BCUT2D eigenvalue weighted by Gasteiger charge is -2.32. The number of likely N-dealkylation sites (tertiary alicyclic amines) is 1. The number of halogens is 1. The van der Waals surface area contributed by atoms with Gasteiger partial charge in [-0.1, -0.05) is 25.5 Å². The summed E-state index contributed by atoms with van der Waals surface area (Å²) in [5.41, 5.74) is 7.43. The molecule has 4 heteroatoms. The summed E-state index contributed by atoms with van der Waals surface area (Å²) in [5, 5.41) is 0. The topological polar surface area (TPSA) is 46.3 Å². The van der Waals surface area contributed by atoms with Gasteiger partial charge in [0.25, 0.3) is 5.91 Å². The van der Waals surface area contributed by atoms with Crippen LogP contribution in [0.1, 0.15) is 48.5 Å². The summed E-state index contributed by atoms with van der Waals surface area (Å²) in [7, 11) is 0. The Morgan fingerprint density at radius 2 is 2.05 bits per heavy atom. The number of nitrogens with two attached hydrogens (primary N) is 1. The molecule has 1 saturated heterocycles. The number of hydrogen-bond acceptors (Lipinski definition) is 2. The molecule has 1 heterocycles. The van der Waals surface area contributed by atoms with Gasteiger partial charge in [-0.3, -0.25) is 4.79 Å². The summed E-state index contributed by atoms with van der Waals surface area (Å²) in [6.45, 7) is 4.56. The summed E-state index contributed by atoms with van der Waals surface area (Å²) in [6.07, 6.45) is 4.84. The first-order valence-corrected chi connectivity index (χ1v) is 7.33. The fourth-order valence-corrected chi connectivity index (χ4v) is 2.86. The Morgan fingerprint density at radius 3 is 2.65 bits per heavy atom. The van der Waals surface area contributed by atoms with Crippen molar-refractivity contribution >= 4 is 18.3 Å². The highest BCUT2D eigenvalue weighted by molar-refractivity contribution is 5.94. The molecule has 1 amide bonds. The van der Waals surface area contributed by atoms with Crippen LogP contribution in [0.4, 0.5) is 0 Å². The molecule has 0 bridgehead atoms. The van der Waals surface area contributed by atoms with Gasteiger partial charge in [-0.25, -0.2) is 0 Å². The molecule has 0 spiro atoms. The van der Waals surface area contributed by atoms with Crippen LogP contribution in [0.3, 0.4) is 0 Å². The van der Waals surface area contributed by atoms with Gasteiger partial charge >= 0.3 is 0 Å². The second-order valence-corrected chi connectivity index (χ2v) is 5.45. The molecule has 1 aromatic carbocycles. The van der Waals surface area contributed by atoms with Gasteiger partial charge in [0, 0.05) is 25.2 Å². The van der Waals surface area contributed by atoms with Crippen LogP contribution in [0, 0.1) is 5.92 Å². The summed E-state index contributed by atoms with van der Waals surface area (Å²) >= 11 is 0. The monoisotopic (exact) mass is 296 g/mol. The molecule has 0 radical (unpaired) electrons. The minimum absolute atomic E-state index is 0. The fraction of sp³-hybridized carbons (Fsp3) is 0.562. The van der Waals surface area contributed by atoms with E-state index in [9.17, 15) is 4.79 Å². The lowest BCUT2D eigenvalue weighted by molar-refractivity contribution is 0.0667. The van der Waals surface area contributed by atoms with Crippen molar-refractivity contribution in [2.75, 3.05) is 13.1 Å². The number of benzene rings is 1. The second kappa shape index (κ2) is 8.28. The third-order valence-corrected chi connectivity index (χ3v) is 3.94. The van der Waals surface area contributed by atoms with Crippen molar-refractivity contribution in [2.24, 2.45) is 11.7 Å².